The minimum Gasteiger partial charge on any atom is -0.491 e. The first-order valence-corrected chi connectivity index (χ1v) is 10.2. The second-order valence-electron chi connectivity index (χ2n) is 8.94. The van der Waals surface area contributed by atoms with Crippen molar-refractivity contribution in [2.45, 2.75) is 51.0 Å². The van der Waals surface area contributed by atoms with Crippen molar-refractivity contribution in [2.75, 3.05) is 19.7 Å². The molecule has 4 nitrogen and oxygen atoms in total. The second-order valence-corrected chi connectivity index (χ2v) is 8.94. The third-order valence-corrected chi connectivity index (χ3v) is 5.52. The molecule has 1 atom stereocenters. The average Bonchev–Trinajstić information content (AvgIpc) is 2.89. The zero-order valence-corrected chi connectivity index (χ0v) is 17.5. The van der Waals surface area contributed by atoms with E-state index in [0.29, 0.717) is 43.7 Å². The maximum Gasteiger partial charge on any atom is 0.253 e. The van der Waals surface area contributed by atoms with Crippen LogP contribution in [0.1, 0.15) is 56.0 Å². The zero-order chi connectivity index (χ0) is 21.1. The zero-order valence-electron chi connectivity index (χ0n) is 17.5. The lowest BCUT2D eigenvalue weighted by atomic mass is 9.86. The van der Waals surface area contributed by atoms with Gasteiger partial charge >= 0.3 is 0 Å². The molecule has 2 aromatic carbocycles. The summed E-state index contributed by atoms with van der Waals surface area (Å²) in [5.74, 6) is 0.195. The van der Waals surface area contributed by atoms with Gasteiger partial charge in [0.05, 0.1) is 0 Å². The molecule has 5 heteroatoms. The Kier molecular flexibility index (Phi) is 6.27. The normalized spacial score (nSPS) is 20.2. The van der Waals surface area contributed by atoms with Gasteiger partial charge in [0.15, 0.2) is 0 Å². The van der Waals surface area contributed by atoms with Gasteiger partial charge in [-0.05, 0) is 66.6 Å². The Morgan fingerprint density at radius 2 is 1.72 bits per heavy atom. The van der Waals surface area contributed by atoms with E-state index in [1.54, 1.807) is 12.1 Å². The lowest BCUT2D eigenvalue weighted by Gasteiger charge is -2.27. The lowest BCUT2D eigenvalue weighted by molar-refractivity contribution is -0.0163. The van der Waals surface area contributed by atoms with Gasteiger partial charge in [-0.2, -0.15) is 0 Å². The summed E-state index contributed by atoms with van der Waals surface area (Å²) >= 11 is 0. The predicted octanol–water partition coefficient (Wildman–Crippen LogP) is 4.56. The molecule has 1 N–H and O–H groups in total. The van der Waals surface area contributed by atoms with Gasteiger partial charge in [-0.3, -0.25) is 4.79 Å². The molecule has 0 aromatic heterocycles. The molecular formula is C24H30FNO3. The van der Waals surface area contributed by atoms with Crippen LogP contribution in [0.15, 0.2) is 48.5 Å². The fourth-order valence-corrected chi connectivity index (χ4v) is 3.57. The summed E-state index contributed by atoms with van der Waals surface area (Å²) in [6, 6.07) is 13.6. The summed E-state index contributed by atoms with van der Waals surface area (Å²) in [5.41, 5.74) is 0.910. The number of carbonyl (C=O) groups is 1. The van der Waals surface area contributed by atoms with Gasteiger partial charge in [0.1, 0.15) is 23.8 Å². The summed E-state index contributed by atoms with van der Waals surface area (Å²) in [7, 11) is 0. The van der Waals surface area contributed by atoms with Gasteiger partial charge in [-0.1, -0.05) is 32.9 Å². The minimum absolute atomic E-state index is 0.00541. The number of hydrogen-bond acceptors (Lipinski definition) is 3. The SMILES string of the molecule is CC(C)(C)c1ccc(C(=O)N2CCCC(O)(COc3ccc(F)cc3)CC2)cc1. The molecule has 0 aliphatic carbocycles. The topological polar surface area (TPSA) is 49.8 Å². The van der Waals surface area contributed by atoms with Crippen LogP contribution in [-0.2, 0) is 5.41 Å². The maximum absolute atomic E-state index is 13.0. The van der Waals surface area contributed by atoms with E-state index >= 15 is 0 Å². The highest BCUT2D eigenvalue weighted by Gasteiger charge is 2.32. The predicted molar refractivity (Wildman–Crippen MR) is 112 cm³/mol. The highest BCUT2D eigenvalue weighted by Crippen LogP contribution is 2.26. The number of benzene rings is 2. The van der Waals surface area contributed by atoms with Gasteiger partial charge in [0, 0.05) is 18.7 Å². The van der Waals surface area contributed by atoms with Gasteiger partial charge < -0.3 is 14.7 Å². The van der Waals surface area contributed by atoms with E-state index in [1.165, 1.54) is 17.7 Å². The molecule has 1 fully saturated rings. The summed E-state index contributed by atoms with van der Waals surface area (Å²) in [5, 5.41) is 10.9. The van der Waals surface area contributed by atoms with Crippen LogP contribution in [0.4, 0.5) is 4.39 Å². The Hall–Kier alpha value is -2.40. The van der Waals surface area contributed by atoms with Crippen LogP contribution in [0.3, 0.4) is 0 Å². The van der Waals surface area contributed by atoms with Crippen molar-refractivity contribution in [2.24, 2.45) is 0 Å². The number of hydrogen-bond donors (Lipinski definition) is 1. The highest BCUT2D eigenvalue weighted by molar-refractivity contribution is 5.94. The van der Waals surface area contributed by atoms with Gasteiger partial charge in [0.25, 0.3) is 5.91 Å². The molecule has 3 rings (SSSR count). The monoisotopic (exact) mass is 399 g/mol. The molecule has 1 aliphatic rings. The van der Waals surface area contributed by atoms with Crippen LogP contribution >= 0.6 is 0 Å². The van der Waals surface area contributed by atoms with Crippen molar-refractivity contribution in [3.8, 4) is 5.75 Å². The van der Waals surface area contributed by atoms with Crippen LogP contribution < -0.4 is 4.74 Å². The van der Waals surface area contributed by atoms with Crippen LogP contribution in [0.5, 0.6) is 5.75 Å². The number of ether oxygens (including phenoxy) is 1. The molecule has 1 amide bonds. The fourth-order valence-electron chi connectivity index (χ4n) is 3.57. The Labute approximate surface area is 172 Å². The Morgan fingerprint density at radius 1 is 1.07 bits per heavy atom. The molecule has 0 spiro atoms. The fraction of sp³-hybridized carbons (Fsp3) is 0.458. The largest absolute Gasteiger partial charge is 0.491 e. The van der Waals surface area contributed by atoms with Crippen LogP contribution in [0, 0.1) is 5.82 Å². The number of likely N-dealkylation sites (tertiary alicyclic amines) is 1. The molecule has 1 heterocycles. The minimum atomic E-state index is -1.00. The Morgan fingerprint density at radius 3 is 2.34 bits per heavy atom. The highest BCUT2D eigenvalue weighted by atomic mass is 19.1. The third kappa shape index (κ3) is 5.57. The van der Waals surface area contributed by atoms with E-state index < -0.39 is 5.60 Å². The number of nitrogens with zero attached hydrogens (tertiary/aromatic N) is 1. The number of rotatable bonds is 4. The number of aliphatic hydroxyl groups is 1. The standard InChI is InChI=1S/C24H30FNO3/c1-23(2,3)19-7-5-18(6-8-19)22(27)26-15-4-13-24(28,14-16-26)17-29-21-11-9-20(25)10-12-21/h5-12,28H,4,13-17H2,1-3H3. The van der Waals surface area contributed by atoms with E-state index in [1.807, 2.05) is 29.2 Å². The Balaban J connectivity index is 1.59. The van der Waals surface area contributed by atoms with E-state index in [2.05, 4.69) is 20.8 Å². The molecule has 156 valence electrons. The van der Waals surface area contributed by atoms with Gasteiger partial charge in [0.2, 0.25) is 0 Å². The van der Waals surface area contributed by atoms with Gasteiger partial charge in [-0.15, -0.1) is 0 Å². The molecule has 1 unspecified atom stereocenters. The van der Waals surface area contributed by atoms with Crippen LogP contribution in [-0.4, -0.2) is 41.2 Å². The number of carbonyl (C=O) groups excluding carboxylic acids is 1. The van der Waals surface area contributed by atoms with E-state index in [-0.39, 0.29) is 23.7 Å². The molecular weight excluding hydrogens is 369 g/mol. The molecule has 0 radical (unpaired) electrons. The van der Waals surface area contributed by atoms with Crippen LogP contribution in [0.2, 0.25) is 0 Å². The molecule has 0 saturated carbocycles. The van der Waals surface area contributed by atoms with Crippen molar-refractivity contribution >= 4 is 5.91 Å². The first kappa shape index (κ1) is 21.3. The first-order valence-electron chi connectivity index (χ1n) is 10.2. The summed E-state index contributed by atoms with van der Waals surface area (Å²) in [6.45, 7) is 7.65. The summed E-state index contributed by atoms with van der Waals surface area (Å²) in [4.78, 5) is 14.7. The maximum atomic E-state index is 13.0. The molecule has 1 saturated heterocycles. The van der Waals surface area contributed by atoms with Crippen molar-refractivity contribution in [1.29, 1.82) is 0 Å². The van der Waals surface area contributed by atoms with Gasteiger partial charge in [-0.25, -0.2) is 4.39 Å². The van der Waals surface area contributed by atoms with E-state index in [0.717, 1.165) is 0 Å². The third-order valence-electron chi connectivity index (χ3n) is 5.52. The lowest BCUT2D eigenvalue weighted by Crippen LogP contribution is -2.38. The summed E-state index contributed by atoms with van der Waals surface area (Å²) < 4.78 is 18.7. The average molecular weight is 400 g/mol. The second kappa shape index (κ2) is 8.54. The number of halogens is 1. The smallest absolute Gasteiger partial charge is 0.253 e. The van der Waals surface area contributed by atoms with Crippen molar-refractivity contribution in [1.82, 2.24) is 4.90 Å². The van der Waals surface area contributed by atoms with Crippen molar-refractivity contribution in [3.05, 3.63) is 65.5 Å². The molecule has 1 aliphatic heterocycles. The van der Waals surface area contributed by atoms with E-state index in [9.17, 15) is 14.3 Å². The quantitative estimate of drug-likeness (QED) is 0.820. The van der Waals surface area contributed by atoms with Crippen molar-refractivity contribution < 1.29 is 19.0 Å². The number of amides is 1. The molecule has 0 bridgehead atoms. The van der Waals surface area contributed by atoms with Crippen LogP contribution in [0.25, 0.3) is 0 Å². The van der Waals surface area contributed by atoms with Crippen molar-refractivity contribution in [3.63, 3.8) is 0 Å². The molecule has 29 heavy (non-hydrogen) atoms. The van der Waals surface area contributed by atoms with E-state index in [4.69, 9.17) is 4.74 Å². The summed E-state index contributed by atoms with van der Waals surface area (Å²) in [6.07, 6.45) is 1.70. The molecule has 2 aromatic rings. The Bertz CT molecular complexity index is 827. The first-order chi connectivity index (χ1) is 13.7.